The van der Waals surface area contributed by atoms with Gasteiger partial charge in [-0.1, -0.05) is 60.1 Å². The number of ether oxygens (including phenoxy) is 1. The summed E-state index contributed by atoms with van der Waals surface area (Å²) in [7, 11) is 0.500. The number of benzene rings is 1. The lowest BCUT2D eigenvalue weighted by molar-refractivity contribution is 0.350. The molecular weight excluding hydrogens is 392 g/mol. The number of allylic oxidation sites excluding steroid dienone is 3. The van der Waals surface area contributed by atoms with E-state index in [1.54, 1.807) is 6.07 Å². The fraction of sp³-hybridized carbons (Fsp3) is 0.520. The summed E-state index contributed by atoms with van der Waals surface area (Å²) < 4.78 is 58.9. The maximum absolute atomic E-state index is 15.1. The van der Waals surface area contributed by atoms with Crippen LogP contribution >= 0.6 is 0 Å². The van der Waals surface area contributed by atoms with Crippen molar-refractivity contribution in [2.75, 3.05) is 7.18 Å². The van der Waals surface area contributed by atoms with Crippen LogP contribution in [0.5, 0.6) is 5.75 Å². The van der Waals surface area contributed by atoms with Crippen LogP contribution in [0.1, 0.15) is 64.5 Å². The molecule has 30 heavy (non-hydrogen) atoms. The number of fused-ring (bicyclic) bond motifs is 1. The smallest absolute Gasteiger partial charge is 0.201 e. The van der Waals surface area contributed by atoms with Crippen LogP contribution in [0.25, 0.3) is 0 Å². The molecule has 0 fully saturated rings. The average Bonchev–Trinajstić information content (AvgIpc) is 2.75. The Hall–Kier alpha value is -2.04. The Balaban J connectivity index is 0.00000218. The van der Waals surface area contributed by atoms with E-state index in [-0.39, 0.29) is 23.8 Å². The van der Waals surface area contributed by atoms with Crippen LogP contribution in [-0.2, 0) is 12.8 Å². The maximum Gasteiger partial charge on any atom is 0.201 e. The van der Waals surface area contributed by atoms with Gasteiger partial charge in [0.15, 0.2) is 23.2 Å². The van der Waals surface area contributed by atoms with Gasteiger partial charge >= 0.3 is 0 Å². The third-order valence-corrected chi connectivity index (χ3v) is 5.63. The van der Waals surface area contributed by atoms with Crippen LogP contribution in [0.3, 0.4) is 0 Å². The van der Waals surface area contributed by atoms with Gasteiger partial charge in [0.05, 0.1) is 7.18 Å². The number of aryl methyl sites for hydroxylation is 1. The molecule has 1 aromatic carbocycles. The lowest BCUT2D eigenvalue weighted by Crippen LogP contribution is -2.16. The van der Waals surface area contributed by atoms with Crippen molar-refractivity contribution < 1.29 is 22.3 Å². The maximum atomic E-state index is 15.1. The molecule has 0 amide bonds. The lowest BCUT2D eigenvalue weighted by Gasteiger charge is -2.25. The fourth-order valence-corrected chi connectivity index (χ4v) is 3.37. The summed E-state index contributed by atoms with van der Waals surface area (Å²) in [6.07, 6.45) is 4.21. The Bertz CT molecular complexity index is 795. The van der Waals surface area contributed by atoms with Crippen LogP contribution in [0.15, 0.2) is 42.0 Å². The highest BCUT2D eigenvalue weighted by Crippen LogP contribution is 2.40. The van der Waals surface area contributed by atoms with Gasteiger partial charge in [0.2, 0.25) is 5.82 Å². The van der Waals surface area contributed by atoms with Gasteiger partial charge in [-0.05, 0) is 47.5 Å². The summed E-state index contributed by atoms with van der Waals surface area (Å²) in [6.45, 7) is 15.9. The van der Waals surface area contributed by atoms with Crippen LogP contribution in [0.4, 0.5) is 17.6 Å². The highest BCUT2D eigenvalue weighted by Gasteiger charge is 2.29. The number of halogens is 4. The zero-order valence-corrected chi connectivity index (χ0v) is 18.8. The molecule has 1 aliphatic rings. The fourth-order valence-electron chi connectivity index (χ4n) is 3.37. The van der Waals surface area contributed by atoms with Gasteiger partial charge in [-0.15, -0.1) is 0 Å². The summed E-state index contributed by atoms with van der Waals surface area (Å²) >= 11 is 0. The van der Waals surface area contributed by atoms with Crippen LogP contribution in [0.2, 0.25) is 0 Å². The highest BCUT2D eigenvalue weighted by molar-refractivity contribution is 5.51. The van der Waals surface area contributed by atoms with E-state index in [2.05, 4.69) is 27.0 Å². The molecular formula is C25H34F4O. The molecule has 0 aromatic heterocycles. The van der Waals surface area contributed by atoms with E-state index in [4.69, 9.17) is 4.74 Å². The molecule has 0 saturated carbocycles. The molecule has 0 bridgehead atoms. The lowest BCUT2D eigenvalue weighted by atomic mass is 9.89. The van der Waals surface area contributed by atoms with Crippen molar-refractivity contribution in [1.82, 2.24) is 0 Å². The van der Waals surface area contributed by atoms with Gasteiger partial charge < -0.3 is 4.74 Å². The van der Waals surface area contributed by atoms with Crippen molar-refractivity contribution in [2.45, 2.75) is 66.2 Å². The first-order valence-corrected chi connectivity index (χ1v) is 10.5. The molecule has 2 atom stereocenters. The Kier molecular flexibility index (Phi) is 10.4. The second-order valence-corrected chi connectivity index (χ2v) is 7.94. The van der Waals surface area contributed by atoms with Crippen molar-refractivity contribution in [2.24, 2.45) is 11.8 Å². The molecule has 1 aromatic rings. The normalized spacial score (nSPS) is 16.6. The van der Waals surface area contributed by atoms with Crippen molar-refractivity contribution in [1.29, 1.82) is 0 Å². The van der Waals surface area contributed by atoms with Crippen molar-refractivity contribution in [3.05, 3.63) is 64.7 Å². The largest absolute Gasteiger partial charge is 0.450 e. The van der Waals surface area contributed by atoms with E-state index in [1.165, 1.54) is 0 Å². The minimum absolute atomic E-state index is 0.0761. The standard InChI is InChI=1S/C24H31F3O.CH3F/c1-7-9-18-13-19-12-16(5)23(28-24(19)22(27)21(18)26)20(25)17(6)15(4)11-10-14(3)8-2;1-2/h13-15H,5-12H2,1-4H3;1H3/b23-20-;. The van der Waals surface area contributed by atoms with Crippen LogP contribution < -0.4 is 4.74 Å². The van der Waals surface area contributed by atoms with Crippen molar-refractivity contribution in [3.8, 4) is 5.75 Å². The van der Waals surface area contributed by atoms with E-state index in [9.17, 15) is 13.2 Å². The minimum Gasteiger partial charge on any atom is -0.450 e. The third kappa shape index (κ3) is 5.99. The molecule has 1 heterocycles. The van der Waals surface area contributed by atoms with Gasteiger partial charge in [0, 0.05) is 12.0 Å². The van der Waals surface area contributed by atoms with Gasteiger partial charge in [-0.3, -0.25) is 4.39 Å². The van der Waals surface area contributed by atoms with Crippen LogP contribution in [-0.4, -0.2) is 7.18 Å². The molecule has 5 heteroatoms. The zero-order chi connectivity index (χ0) is 23.0. The second-order valence-electron chi connectivity index (χ2n) is 7.94. The van der Waals surface area contributed by atoms with Crippen molar-refractivity contribution >= 4 is 0 Å². The average molecular weight is 427 g/mol. The van der Waals surface area contributed by atoms with Gasteiger partial charge in [0.25, 0.3) is 0 Å². The zero-order valence-electron chi connectivity index (χ0n) is 18.8. The first-order valence-electron chi connectivity index (χ1n) is 10.5. The Morgan fingerprint density at radius 3 is 2.33 bits per heavy atom. The molecule has 0 radical (unpaired) electrons. The summed E-state index contributed by atoms with van der Waals surface area (Å²) in [6, 6.07) is 1.60. The third-order valence-electron chi connectivity index (χ3n) is 5.63. The van der Waals surface area contributed by atoms with E-state index >= 15 is 4.39 Å². The SMILES string of the molecule is C=C1Cc2cc(CCC)c(F)c(F)c2O/C1=C(\F)C(=C)C(C)CCC(C)CC.CF. The quantitative estimate of drug-likeness (QED) is 0.381. The predicted molar refractivity (Wildman–Crippen MR) is 116 cm³/mol. The van der Waals surface area contributed by atoms with Gasteiger partial charge in [-0.2, -0.15) is 4.39 Å². The first kappa shape index (κ1) is 26.0. The summed E-state index contributed by atoms with van der Waals surface area (Å²) in [5.41, 5.74) is 1.53. The summed E-state index contributed by atoms with van der Waals surface area (Å²) in [4.78, 5) is 0. The first-order chi connectivity index (χ1) is 14.2. The molecule has 0 aliphatic carbocycles. The summed E-state index contributed by atoms with van der Waals surface area (Å²) in [5, 5.41) is 0. The Labute approximate surface area is 178 Å². The van der Waals surface area contributed by atoms with E-state index in [1.807, 2.05) is 13.8 Å². The Morgan fingerprint density at radius 1 is 1.13 bits per heavy atom. The Morgan fingerprint density at radius 2 is 1.77 bits per heavy atom. The van der Waals surface area contributed by atoms with E-state index in [0.29, 0.717) is 48.2 Å². The molecule has 168 valence electrons. The molecule has 2 rings (SSSR count). The monoisotopic (exact) mass is 426 g/mol. The molecule has 0 N–H and O–H groups in total. The number of hydrogen-bond donors (Lipinski definition) is 0. The van der Waals surface area contributed by atoms with E-state index < -0.39 is 17.5 Å². The number of rotatable bonds is 8. The van der Waals surface area contributed by atoms with Gasteiger partial charge in [0.1, 0.15) is 0 Å². The summed E-state index contributed by atoms with van der Waals surface area (Å²) in [5.74, 6) is -2.49. The van der Waals surface area contributed by atoms with Crippen LogP contribution in [0, 0.1) is 23.5 Å². The number of alkyl halides is 1. The molecule has 0 saturated heterocycles. The second kappa shape index (κ2) is 12.0. The number of hydrogen-bond acceptors (Lipinski definition) is 1. The van der Waals surface area contributed by atoms with Gasteiger partial charge in [-0.25, -0.2) is 8.78 Å². The molecule has 1 aliphatic heterocycles. The molecule has 1 nitrogen and oxygen atoms in total. The minimum atomic E-state index is -1.06. The highest BCUT2D eigenvalue weighted by atomic mass is 19.2. The molecule has 0 spiro atoms. The van der Waals surface area contributed by atoms with Crippen molar-refractivity contribution in [3.63, 3.8) is 0 Å². The predicted octanol–water partition coefficient (Wildman–Crippen LogP) is 8.19. The van der Waals surface area contributed by atoms with E-state index in [0.717, 1.165) is 19.3 Å². The topological polar surface area (TPSA) is 9.23 Å². The molecule has 2 unspecified atom stereocenters.